The summed E-state index contributed by atoms with van der Waals surface area (Å²) in [6.07, 6.45) is -7.29. The van der Waals surface area contributed by atoms with Gasteiger partial charge < -0.3 is 0 Å². The predicted molar refractivity (Wildman–Crippen MR) is 274 cm³/mol. The van der Waals surface area contributed by atoms with Crippen LogP contribution in [-0.4, -0.2) is 0 Å². The number of rotatable bonds is 0. The van der Waals surface area contributed by atoms with Crippen LogP contribution in [0, 0.1) is 57.1 Å². The van der Waals surface area contributed by atoms with Crippen LogP contribution in [0.15, 0.2) is 78.6 Å². The van der Waals surface area contributed by atoms with E-state index in [1.165, 1.54) is 78.6 Å². The quantitative estimate of drug-likeness (QED) is 0.198. The maximum atomic E-state index is 7.84. The first kappa shape index (κ1) is 20.7. The molecule has 0 spiro atoms. The van der Waals surface area contributed by atoms with E-state index < -0.39 is 93.7 Å². The molecule has 0 heteroatoms. The topological polar surface area (TPSA) is 0 Å². The SMILES string of the molecule is [2H]C1(C)CCCC1.[2H]C1(C)CCCCC1.[2H]C1(C)CCCCCC1.[2H]C1([2H])C(C)C([2H])([2H])C([2H])([2H])C([2H])([2H])C1([2H])[2H].[2H]C1([2H])C(C)C([2H])([2H])C([2H])([2H])C1([2H])[2H].[2H]c1c([2H])c(C(C)(C)C)c([2H])c([2H])c1C.[2H]c1c([2H])c(C([2H])([2H])[2H])c([2H])c([2H])c1C.[2H]c1c([2H])c([2H])c(C)c([2H])c1[2H]. The molecule has 0 bridgehead atoms. The average molecular weight is 861 g/mol. The first-order valence-corrected chi connectivity index (χ1v) is 21.7. The fourth-order valence-corrected chi connectivity index (χ4v) is 5.58. The molecule has 5 saturated carbocycles. The van der Waals surface area contributed by atoms with Gasteiger partial charge in [0.15, 0.2) is 0 Å². The Morgan fingerprint density at radius 1 is 0.433 bits per heavy atom. The van der Waals surface area contributed by atoms with Gasteiger partial charge in [-0.1, -0.05) is 310 Å². The second kappa shape index (κ2) is 35.2. The lowest BCUT2D eigenvalue weighted by atomic mass is 9.87. The van der Waals surface area contributed by atoms with Gasteiger partial charge in [-0.05, 0) is 68.1 Å². The Morgan fingerprint density at radius 2 is 0.733 bits per heavy atom. The summed E-state index contributed by atoms with van der Waals surface area (Å²) < 4.78 is 276. The molecule has 0 N–H and O–H groups in total. The molecule has 0 aliphatic heterocycles. The molecule has 0 heterocycles. The van der Waals surface area contributed by atoms with Crippen molar-refractivity contribution in [2.75, 3.05) is 0 Å². The number of hydrogen-bond donors (Lipinski definition) is 0. The Hall–Kier alpha value is -2.34. The molecule has 8 rings (SSSR count). The zero-order valence-electron chi connectivity index (χ0n) is 75.8. The molecule has 0 aromatic heterocycles. The highest BCUT2D eigenvalue weighted by Gasteiger charge is 2.12. The van der Waals surface area contributed by atoms with E-state index in [9.17, 15) is 0 Å². The summed E-state index contributed by atoms with van der Waals surface area (Å²) in [6.45, 7) is 16.0. The summed E-state index contributed by atoms with van der Waals surface area (Å²) in [5.41, 5.74) is 0.483. The molecule has 3 aromatic rings. The van der Waals surface area contributed by atoms with Gasteiger partial charge in [-0.15, -0.1) is 0 Å². The number of hydrogen-bond acceptors (Lipinski definition) is 0. The molecular formula is C60H102. The van der Waals surface area contributed by atoms with Crippen molar-refractivity contribution in [1.29, 1.82) is 0 Å². The van der Waals surface area contributed by atoms with Crippen molar-refractivity contribution in [2.45, 2.75) is 242 Å². The minimum Gasteiger partial charge on any atom is -0.0625 e. The zero-order chi connectivity index (χ0) is 77.2. The van der Waals surface area contributed by atoms with Gasteiger partial charge in [-0.2, -0.15) is 0 Å². The summed E-state index contributed by atoms with van der Waals surface area (Å²) in [5, 5.41) is 0. The van der Waals surface area contributed by atoms with Gasteiger partial charge in [0.25, 0.3) is 0 Å². The van der Waals surface area contributed by atoms with E-state index in [4.69, 9.17) is 50.7 Å². The summed E-state index contributed by atoms with van der Waals surface area (Å²) in [6, 6.07) is -2.35. The average Bonchev–Trinajstić information content (AvgIpc) is 0.960. The maximum Gasteiger partial charge on any atom is 0.0626 e. The molecule has 5 aliphatic carbocycles. The van der Waals surface area contributed by atoms with Gasteiger partial charge in [0.2, 0.25) is 0 Å². The van der Waals surface area contributed by atoms with Crippen LogP contribution in [0.3, 0.4) is 0 Å². The van der Waals surface area contributed by atoms with Gasteiger partial charge in [-0.25, -0.2) is 0 Å². The Balaban J connectivity index is 0.000000562. The molecule has 3 aromatic carbocycles. The minimum atomic E-state index is -3.26. The molecular weight excluding hydrogens is 721 g/mol. The molecule has 5 aliphatic rings. The molecule has 0 nitrogen and oxygen atoms in total. The first-order valence-electron chi connectivity index (χ1n) is 40.2. The maximum absolute atomic E-state index is 7.84. The second-order valence-electron chi connectivity index (χ2n) is 16.7. The molecule has 0 radical (unpaired) electrons. The van der Waals surface area contributed by atoms with E-state index in [1.54, 1.807) is 6.92 Å². The molecule has 5 fully saturated rings. The lowest BCUT2D eigenvalue weighted by Gasteiger charge is -2.18. The van der Waals surface area contributed by atoms with E-state index in [1.807, 2.05) is 34.6 Å². The fraction of sp³-hybridized carbons (Fsp3) is 0.700. The van der Waals surface area contributed by atoms with Crippen molar-refractivity contribution >= 4 is 0 Å². The van der Waals surface area contributed by atoms with Gasteiger partial charge in [0.05, 0.1) is 17.8 Å². The molecule has 0 saturated heterocycles. The molecule has 0 amide bonds. The lowest BCUT2D eigenvalue weighted by Crippen LogP contribution is -2.10. The van der Waals surface area contributed by atoms with Gasteiger partial charge in [0.1, 0.15) is 0 Å². The Labute approximate surface area is 429 Å². The van der Waals surface area contributed by atoms with E-state index in [0.29, 0.717) is 16.7 Å². The van der Waals surface area contributed by atoms with Crippen molar-refractivity contribution in [3.63, 3.8) is 0 Å². The van der Waals surface area contributed by atoms with Crippen LogP contribution in [0.1, 0.15) is 288 Å². The first-order chi connectivity index (χ1) is 43.0. The molecule has 60 heavy (non-hydrogen) atoms. The molecule has 0 atom stereocenters. The third-order valence-corrected chi connectivity index (χ3v) is 9.34. The van der Waals surface area contributed by atoms with Crippen molar-refractivity contribution in [2.24, 2.45) is 29.5 Å². The van der Waals surface area contributed by atoms with Crippen LogP contribution < -0.4 is 0 Å². The zero-order valence-corrected chi connectivity index (χ0v) is 38.8. The normalized spacial score (nSPS) is 37.0. The Morgan fingerprint density at radius 3 is 1.08 bits per heavy atom. The van der Waals surface area contributed by atoms with E-state index in [2.05, 4.69) is 6.92 Å². The van der Waals surface area contributed by atoms with E-state index >= 15 is 0 Å². The second-order valence-corrected chi connectivity index (χ2v) is 16.7. The highest BCUT2D eigenvalue weighted by Crippen LogP contribution is 2.25. The van der Waals surface area contributed by atoms with Crippen LogP contribution >= 0.6 is 0 Å². The van der Waals surface area contributed by atoms with Crippen molar-refractivity contribution in [1.82, 2.24) is 0 Å². The smallest absolute Gasteiger partial charge is 0.0625 e. The van der Waals surface area contributed by atoms with E-state index in [-0.39, 0.29) is 95.1 Å². The highest BCUT2D eigenvalue weighted by molar-refractivity contribution is 5.26. The monoisotopic (exact) mass is 860 g/mol. The summed E-state index contributed by atoms with van der Waals surface area (Å²) in [7, 11) is 0. The van der Waals surface area contributed by atoms with Crippen molar-refractivity contribution < 1.29 is 50.7 Å². The Kier molecular flexibility index (Phi) is 12.1. The summed E-state index contributed by atoms with van der Waals surface area (Å²) >= 11 is 0. The van der Waals surface area contributed by atoms with Crippen molar-refractivity contribution in [3.8, 4) is 0 Å². The Bertz CT molecular complexity index is 2800. The van der Waals surface area contributed by atoms with Gasteiger partial charge in [-0.3, -0.25) is 0 Å². The minimum absolute atomic E-state index is 0.0556. The standard InChI is InChI=1S/C11H16.C8H10.C8H16.2C7H14.C7H8.2C6H12/c1-9-5-7-10(8-6-9)11(2,3)4;1-7-3-5-8(2)6-4-7;1-8-6-4-2-3-5-7-8;3*1-7-5-3-2-4-6-7;2*1-6-4-2-3-5-6/h5-8H,1-4H3;3-6H,1-2H3;8H,2-7H2,1H3;2*7H,2-6H2,1H3;2-6H,1H3;2*6H,2-5H2,1H3/i5D,6D,7D,8D;1D3,3D,4D,5D,6D;8D;2D2,3D2,4D2,5D2,6D2;7D;2D,3D,4D,5D,6D;2D2,3D2,4D2,5D2;6D. The lowest BCUT2D eigenvalue weighted by molar-refractivity contribution is 0.385. The predicted octanol–water partition coefficient (Wildman–Crippen LogP) is 20.1. The summed E-state index contributed by atoms with van der Waals surface area (Å²) in [4.78, 5) is 0. The number of benzene rings is 3. The van der Waals surface area contributed by atoms with Gasteiger partial charge >= 0.3 is 0 Å². The summed E-state index contributed by atoms with van der Waals surface area (Å²) in [5.74, 6) is -3.14. The highest BCUT2D eigenvalue weighted by atomic mass is 14.2. The third kappa shape index (κ3) is 33.3. The largest absolute Gasteiger partial charge is 0.0626 e. The third-order valence-electron chi connectivity index (χ3n) is 9.34. The van der Waals surface area contributed by atoms with Crippen molar-refractivity contribution in [3.05, 3.63) is 106 Å². The molecule has 342 valence electrons. The van der Waals surface area contributed by atoms with Crippen LogP contribution in [0.4, 0.5) is 0 Å². The van der Waals surface area contributed by atoms with E-state index in [0.717, 1.165) is 45.4 Å². The van der Waals surface area contributed by atoms with Crippen LogP contribution in [-0.2, 0) is 5.41 Å². The van der Waals surface area contributed by atoms with Crippen LogP contribution in [0.25, 0.3) is 0 Å². The van der Waals surface area contributed by atoms with Crippen LogP contribution in [0.2, 0.25) is 0 Å². The fourth-order valence-electron chi connectivity index (χ4n) is 5.58. The van der Waals surface area contributed by atoms with Crippen LogP contribution in [0.5, 0.6) is 0 Å². The molecule has 0 unspecified atom stereocenters. The van der Waals surface area contributed by atoms with Gasteiger partial charge in [0, 0.05) is 32.9 Å².